The van der Waals surface area contributed by atoms with Crippen molar-refractivity contribution in [2.75, 3.05) is 18.5 Å². The minimum atomic E-state index is -0.763. The number of amides is 1. The highest BCUT2D eigenvalue weighted by Crippen LogP contribution is 2.39. The molecule has 0 aromatic heterocycles. The molecule has 0 unspecified atom stereocenters. The molecule has 0 saturated carbocycles. The van der Waals surface area contributed by atoms with Gasteiger partial charge < -0.3 is 15.4 Å². The summed E-state index contributed by atoms with van der Waals surface area (Å²) in [4.78, 5) is 14.7. The number of halogens is 1. The van der Waals surface area contributed by atoms with Crippen LogP contribution in [-0.4, -0.2) is 36.0 Å². The molecule has 0 radical (unpaired) electrons. The Bertz CT molecular complexity index is 1020. The molecule has 2 fully saturated rings. The Morgan fingerprint density at radius 2 is 1.82 bits per heavy atom. The normalized spacial score (nSPS) is 22.3. The van der Waals surface area contributed by atoms with Gasteiger partial charge in [0.2, 0.25) is 5.91 Å². The van der Waals surface area contributed by atoms with Gasteiger partial charge in [-0.05, 0) is 54.5 Å². The van der Waals surface area contributed by atoms with Crippen LogP contribution in [0.1, 0.15) is 58.1 Å². The zero-order chi connectivity index (χ0) is 23.8. The fourth-order valence-corrected chi connectivity index (χ4v) is 5.02. The predicted octanol–water partition coefficient (Wildman–Crippen LogP) is 5.53. The standard InChI is InChI=1S/C26H33ClN4O2/c1-25(2,3)17-8-10-18(11-9-17)29-21-7-5-6-20(23(21)27)26(4)16-22(32)31(24(28)30-26)19-12-14-33-15-13-19/h5-11,19,29H,12-16H2,1-4H3,(H2,28,30)/t26-/m0/s1. The number of carbonyl (C=O) groups excluding carboxylic acids is 1. The Balaban J connectivity index is 1.55. The first-order chi connectivity index (χ1) is 15.6. The fourth-order valence-electron chi connectivity index (χ4n) is 4.63. The first kappa shape index (κ1) is 23.6. The maximum Gasteiger partial charge on any atom is 0.232 e. The molecule has 2 saturated heterocycles. The van der Waals surface area contributed by atoms with E-state index in [1.807, 2.05) is 25.1 Å². The van der Waals surface area contributed by atoms with E-state index in [2.05, 4.69) is 55.7 Å². The maximum absolute atomic E-state index is 13.1. The molecular formula is C26H33ClN4O2. The molecule has 0 aliphatic carbocycles. The van der Waals surface area contributed by atoms with Crippen LogP contribution in [0.5, 0.6) is 0 Å². The van der Waals surface area contributed by atoms with Crippen molar-refractivity contribution in [2.45, 2.75) is 64.0 Å². The van der Waals surface area contributed by atoms with Crippen molar-refractivity contribution in [1.29, 1.82) is 5.41 Å². The topological polar surface area (TPSA) is 77.5 Å². The van der Waals surface area contributed by atoms with Crippen LogP contribution in [0.2, 0.25) is 5.02 Å². The number of hydrogen-bond donors (Lipinski definition) is 3. The molecule has 2 aliphatic rings. The third-order valence-electron chi connectivity index (χ3n) is 6.59. The third-order valence-corrected chi connectivity index (χ3v) is 6.99. The average Bonchev–Trinajstić information content (AvgIpc) is 2.75. The van der Waals surface area contributed by atoms with Gasteiger partial charge in [-0.15, -0.1) is 0 Å². The second kappa shape index (κ2) is 8.99. The van der Waals surface area contributed by atoms with Crippen molar-refractivity contribution in [1.82, 2.24) is 10.2 Å². The van der Waals surface area contributed by atoms with Gasteiger partial charge in [0.1, 0.15) is 0 Å². The van der Waals surface area contributed by atoms with Crippen LogP contribution in [0.4, 0.5) is 11.4 Å². The van der Waals surface area contributed by atoms with Gasteiger partial charge >= 0.3 is 0 Å². The predicted molar refractivity (Wildman–Crippen MR) is 133 cm³/mol. The Morgan fingerprint density at radius 3 is 2.42 bits per heavy atom. The fraction of sp³-hybridized carbons (Fsp3) is 0.462. The summed E-state index contributed by atoms with van der Waals surface area (Å²) >= 11 is 6.85. The molecule has 2 aromatic carbocycles. The summed E-state index contributed by atoms with van der Waals surface area (Å²) < 4.78 is 5.42. The lowest BCUT2D eigenvalue weighted by atomic mass is 9.85. The number of nitrogens with zero attached hydrogens (tertiary/aromatic N) is 1. The summed E-state index contributed by atoms with van der Waals surface area (Å²) in [6, 6.07) is 14.1. The van der Waals surface area contributed by atoms with Crippen LogP contribution in [0.15, 0.2) is 42.5 Å². The first-order valence-electron chi connectivity index (χ1n) is 11.5. The van der Waals surface area contributed by atoms with Gasteiger partial charge in [-0.3, -0.25) is 15.1 Å². The van der Waals surface area contributed by atoms with Crippen LogP contribution < -0.4 is 10.6 Å². The van der Waals surface area contributed by atoms with E-state index in [9.17, 15) is 4.79 Å². The van der Waals surface area contributed by atoms with Gasteiger partial charge in [-0.1, -0.05) is 56.6 Å². The van der Waals surface area contributed by atoms with Crippen molar-refractivity contribution in [2.24, 2.45) is 0 Å². The molecule has 3 N–H and O–H groups in total. The van der Waals surface area contributed by atoms with Crippen LogP contribution in [-0.2, 0) is 20.5 Å². The molecule has 0 spiro atoms. The van der Waals surface area contributed by atoms with Crippen molar-refractivity contribution >= 4 is 34.8 Å². The highest BCUT2D eigenvalue weighted by atomic mass is 35.5. The van der Waals surface area contributed by atoms with Gasteiger partial charge in [0.25, 0.3) is 0 Å². The number of ether oxygens (including phenoxy) is 1. The summed E-state index contributed by atoms with van der Waals surface area (Å²) in [7, 11) is 0. The number of rotatable bonds is 4. The molecule has 6 nitrogen and oxygen atoms in total. The lowest BCUT2D eigenvalue weighted by Gasteiger charge is -2.45. The molecule has 4 rings (SSSR count). The van der Waals surface area contributed by atoms with E-state index in [0.29, 0.717) is 18.2 Å². The summed E-state index contributed by atoms with van der Waals surface area (Å²) in [5.41, 5.74) is 3.10. The van der Waals surface area contributed by atoms with Crippen LogP contribution in [0.3, 0.4) is 0 Å². The van der Waals surface area contributed by atoms with Crippen molar-refractivity contribution in [3.8, 4) is 0 Å². The van der Waals surface area contributed by atoms with E-state index < -0.39 is 5.54 Å². The number of anilines is 2. The van der Waals surface area contributed by atoms with Gasteiger partial charge in [0, 0.05) is 24.9 Å². The number of benzene rings is 2. The largest absolute Gasteiger partial charge is 0.381 e. The number of hydrogen-bond acceptors (Lipinski definition) is 4. The van der Waals surface area contributed by atoms with E-state index in [1.54, 1.807) is 4.90 Å². The molecule has 7 heteroatoms. The van der Waals surface area contributed by atoms with E-state index in [-0.39, 0.29) is 29.7 Å². The molecule has 1 atom stereocenters. The summed E-state index contributed by atoms with van der Waals surface area (Å²) in [5, 5.41) is 15.8. The van der Waals surface area contributed by atoms with Crippen LogP contribution >= 0.6 is 11.6 Å². The zero-order valence-electron chi connectivity index (χ0n) is 19.8. The van der Waals surface area contributed by atoms with E-state index in [1.165, 1.54) is 5.56 Å². The van der Waals surface area contributed by atoms with Gasteiger partial charge in [-0.2, -0.15) is 0 Å². The highest BCUT2D eigenvalue weighted by Gasteiger charge is 2.43. The van der Waals surface area contributed by atoms with Gasteiger partial charge in [-0.25, -0.2) is 0 Å². The smallest absolute Gasteiger partial charge is 0.232 e. The summed E-state index contributed by atoms with van der Waals surface area (Å²) in [6.45, 7) is 9.75. The molecule has 1 amide bonds. The van der Waals surface area contributed by atoms with Crippen molar-refractivity contribution in [3.63, 3.8) is 0 Å². The van der Waals surface area contributed by atoms with Crippen LogP contribution in [0.25, 0.3) is 0 Å². The molecule has 176 valence electrons. The number of guanidine groups is 1. The molecule has 0 bridgehead atoms. The van der Waals surface area contributed by atoms with E-state index in [0.717, 1.165) is 29.8 Å². The Labute approximate surface area is 201 Å². The second-order valence-corrected chi connectivity index (χ2v) is 10.6. The van der Waals surface area contributed by atoms with Gasteiger partial charge in [0.05, 0.1) is 22.7 Å². The van der Waals surface area contributed by atoms with E-state index in [4.69, 9.17) is 21.7 Å². The third kappa shape index (κ3) is 4.87. The lowest BCUT2D eigenvalue weighted by Crippen LogP contribution is -2.62. The number of carbonyl (C=O) groups is 1. The zero-order valence-corrected chi connectivity index (χ0v) is 20.6. The average molecular weight is 469 g/mol. The maximum atomic E-state index is 13.1. The quantitative estimate of drug-likeness (QED) is 0.551. The molecular weight excluding hydrogens is 436 g/mol. The minimum absolute atomic E-state index is 0.00958. The molecule has 2 aliphatic heterocycles. The molecule has 2 aromatic rings. The van der Waals surface area contributed by atoms with Crippen molar-refractivity contribution < 1.29 is 9.53 Å². The highest BCUT2D eigenvalue weighted by molar-refractivity contribution is 6.34. The minimum Gasteiger partial charge on any atom is -0.381 e. The Hall–Kier alpha value is -2.57. The summed E-state index contributed by atoms with van der Waals surface area (Å²) in [5.74, 6) is 0.0770. The molecule has 2 heterocycles. The lowest BCUT2D eigenvalue weighted by molar-refractivity contribution is -0.133. The number of nitrogens with one attached hydrogen (secondary N) is 3. The monoisotopic (exact) mass is 468 g/mol. The molecule has 33 heavy (non-hydrogen) atoms. The Morgan fingerprint density at radius 1 is 1.15 bits per heavy atom. The summed E-state index contributed by atoms with van der Waals surface area (Å²) in [6.07, 6.45) is 1.73. The Kier molecular flexibility index (Phi) is 6.43. The van der Waals surface area contributed by atoms with Gasteiger partial charge in [0.15, 0.2) is 5.96 Å². The SMILES string of the molecule is CC(C)(C)c1ccc(Nc2cccc([C@]3(C)CC(=O)N(C4CCOCC4)C(=N)N3)c2Cl)cc1. The first-order valence-corrected chi connectivity index (χ1v) is 11.9. The van der Waals surface area contributed by atoms with Crippen molar-refractivity contribution in [3.05, 3.63) is 58.6 Å². The second-order valence-electron chi connectivity index (χ2n) is 10.2. The van der Waals surface area contributed by atoms with E-state index >= 15 is 0 Å². The van der Waals surface area contributed by atoms with Crippen LogP contribution in [0, 0.1) is 5.41 Å².